The van der Waals surface area contributed by atoms with Crippen molar-refractivity contribution in [2.24, 2.45) is 0 Å². The van der Waals surface area contributed by atoms with Crippen molar-refractivity contribution < 1.29 is 19.1 Å². The van der Waals surface area contributed by atoms with E-state index in [0.29, 0.717) is 6.61 Å². The molecule has 0 amide bonds. The molecule has 0 heterocycles. The molecule has 1 N–H and O–H groups in total. The molecule has 0 fully saturated rings. The van der Waals surface area contributed by atoms with Crippen LogP contribution < -0.4 is 0 Å². The van der Waals surface area contributed by atoms with Crippen LogP contribution in [0.3, 0.4) is 0 Å². The summed E-state index contributed by atoms with van der Waals surface area (Å²) >= 11 is 0. The topological polar surface area (TPSA) is 38.7 Å². The van der Waals surface area contributed by atoms with Gasteiger partial charge in [0.1, 0.15) is 12.6 Å². The molecule has 4 heteroatoms. The normalized spacial score (nSPS) is 12.7. The van der Waals surface area contributed by atoms with Crippen molar-refractivity contribution >= 4 is 0 Å². The lowest BCUT2D eigenvalue weighted by Gasteiger charge is -2.33. The van der Waals surface area contributed by atoms with Crippen LogP contribution in [-0.2, 0) is 9.47 Å². The molecule has 0 aromatic carbocycles. The summed E-state index contributed by atoms with van der Waals surface area (Å²) in [7, 11) is 4.70. The van der Waals surface area contributed by atoms with Crippen molar-refractivity contribution in [3.63, 3.8) is 0 Å². The number of hydrogen-bond donors (Lipinski definition) is 1. The van der Waals surface area contributed by atoms with Gasteiger partial charge in [-0.25, -0.2) is 0 Å². The zero-order chi connectivity index (χ0) is 34.4. The second-order valence-corrected chi connectivity index (χ2v) is 15.7. The molecule has 0 radical (unpaired) electrons. The molecule has 0 bridgehead atoms. The zero-order valence-electron chi connectivity index (χ0n) is 33.2. The Morgan fingerprint density at radius 1 is 0.426 bits per heavy atom. The van der Waals surface area contributed by atoms with Gasteiger partial charge in [0, 0.05) is 19.8 Å². The van der Waals surface area contributed by atoms with E-state index >= 15 is 0 Å². The third kappa shape index (κ3) is 38.5. The molecular formula is C43H90NO3+. The van der Waals surface area contributed by atoms with E-state index in [4.69, 9.17) is 14.6 Å². The fourth-order valence-corrected chi connectivity index (χ4v) is 6.96. The summed E-state index contributed by atoms with van der Waals surface area (Å²) in [6, 6.07) is 0. The number of unbranched alkanes of at least 4 members (excludes halogenated alkanes) is 29. The van der Waals surface area contributed by atoms with E-state index < -0.39 is 0 Å². The highest BCUT2D eigenvalue weighted by atomic mass is 16.5. The summed E-state index contributed by atoms with van der Waals surface area (Å²) < 4.78 is 13.7. The summed E-state index contributed by atoms with van der Waals surface area (Å²) in [6.07, 6.45) is 43.8. The first kappa shape index (κ1) is 46.8. The van der Waals surface area contributed by atoms with Crippen LogP contribution in [0.15, 0.2) is 0 Å². The Bertz CT molecular complexity index is 569. The number of likely N-dealkylation sites (N-methyl/N-ethyl adjacent to an activating group) is 1. The first-order chi connectivity index (χ1) is 23.1. The van der Waals surface area contributed by atoms with Crippen molar-refractivity contribution in [1.29, 1.82) is 0 Å². The lowest BCUT2D eigenvalue weighted by atomic mass is 10.0. The highest BCUT2D eigenvalue weighted by molar-refractivity contribution is 4.59. The van der Waals surface area contributed by atoms with E-state index in [-0.39, 0.29) is 6.10 Å². The summed E-state index contributed by atoms with van der Waals surface area (Å²) in [5.41, 5.74) is 0. The van der Waals surface area contributed by atoms with Crippen LogP contribution in [0.2, 0.25) is 0 Å². The van der Waals surface area contributed by atoms with Gasteiger partial charge in [-0.05, 0) is 32.1 Å². The Morgan fingerprint density at radius 3 is 1.17 bits per heavy atom. The Labute approximate surface area is 297 Å². The quantitative estimate of drug-likeness (QED) is 0.0520. The van der Waals surface area contributed by atoms with Gasteiger partial charge >= 0.3 is 0 Å². The predicted octanol–water partition coefficient (Wildman–Crippen LogP) is 13.0. The lowest BCUT2D eigenvalue weighted by Crippen LogP contribution is -2.48. The molecule has 0 aliphatic carbocycles. The molecule has 0 saturated heterocycles. The van der Waals surface area contributed by atoms with Crippen LogP contribution in [0.25, 0.3) is 0 Å². The highest BCUT2D eigenvalue weighted by Gasteiger charge is 2.23. The van der Waals surface area contributed by atoms with E-state index in [1.165, 1.54) is 199 Å². The van der Waals surface area contributed by atoms with Crippen LogP contribution in [0.5, 0.6) is 0 Å². The van der Waals surface area contributed by atoms with Gasteiger partial charge in [0.05, 0.1) is 27.2 Å². The molecule has 0 saturated carbocycles. The van der Waals surface area contributed by atoms with Crippen molar-refractivity contribution in [2.45, 2.75) is 225 Å². The van der Waals surface area contributed by atoms with E-state index in [1.807, 2.05) is 0 Å². The number of quaternary nitrogens is 1. The smallest absolute Gasteiger partial charge is 0.130 e. The average molecular weight is 669 g/mol. The van der Waals surface area contributed by atoms with E-state index in [2.05, 4.69) is 27.9 Å². The van der Waals surface area contributed by atoms with Crippen LogP contribution in [0.4, 0.5) is 0 Å². The molecular weight excluding hydrogens is 578 g/mol. The average Bonchev–Trinajstić information content (AvgIpc) is 3.05. The molecule has 0 aliphatic heterocycles. The number of nitrogens with zero attached hydrogens (tertiary/aromatic N) is 1. The van der Waals surface area contributed by atoms with Gasteiger partial charge in [0.2, 0.25) is 0 Å². The lowest BCUT2D eigenvalue weighted by molar-refractivity contribution is -0.893. The van der Waals surface area contributed by atoms with E-state index in [9.17, 15) is 0 Å². The minimum atomic E-state index is 0.191. The first-order valence-electron chi connectivity index (χ1n) is 21.7. The van der Waals surface area contributed by atoms with Crippen molar-refractivity contribution in [1.82, 2.24) is 0 Å². The zero-order valence-corrected chi connectivity index (χ0v) is 33.2. The third-order valence-corrected chi connectivity index (χ3v) is 10.2. The molecule has 4 nitrogen and oxygen atoms in total. The summed E-state index contributed by atoms with van der Waals surface area (Å²) in [4.78, 5) is 0. The molecule has 1 atom stereocenters. The maximum absolute atomic E-state index is 9.08. The van der Waals surface area contributed by atoms with Crippen LogP contribution in [-0.4, -0.2) is 69.3 Å². The van der Waals surface area contributed by atoms with Crippen molar-refractivity contribution in [3.8, 4) is 0 Å². The second kappa shape index (κ2) is 38.6. The molecule has 0 aromatic heterocycles. The maximum Gasteiger partial charge on any atom is 0.130 e. The fraction of sp³-hybridized carbons (Fsp3) is 1.00. The Hall–Kier alpha value is -0.160. The molecule has 1 unspecified atom stereocenters. The summed E-state index contributed by atoms with van der Waals surface area (Å²) in [6.45, 7) is 9.61. The predicted molar refractivity (Wildman–Crippen MR) is 209 cm³/mol. The van der Waals surface area contributed by atoms with Gasteiger partial charge in [0.15, 0.2) is 0 Å². The molecule has 0 aliphatic rings. The van der Waals surface area contributed by atoms with Gasteiger partial charge in [-0.3, -0.25) is 0 Å². The van der Waals surface area contributed by atoms with Crippen LogP contribution in [0, 0.1) is 0 Å². The minimum absolute atomic E-state index is 0.191. The van der Waals surface area contributed by atoms with Gasteiger partial charge in [-0.15, -0.1) is 0 Å². The maximum atomic E-state index is 9.08. The standard InChI is InChI=1S/C43H90NO3/c1-5-7-9-11-13-15-17-19-21-23-25-27-31-35-39-46-42-43(41-44(3,4)37-33-29-30-34-38-45)47-40-36-32-28-26-24-22-20-18-16-14-12-10-8-6-2/h43,45H,5-42H2,1-4H3/q+1. The van der Waals surface area contributed by atoms with Gasteiger partial charge in [-0.2, -0.15) is 0 Å². The van der Waals surface area contributed by atoms with Crippen molar-refractivity contribution in [3.05, 3.63) is 0 Å². The summed E-state index contributed by atoms with van der Waals surface area (Å²) in [5.74, 6) is 0. The van der Waals surface area contributed by atoms with Crippen LogP contribution >= 0.6 is 0 Å². The minimum Gasteiger partial charge on any atom is -0.396 e. The number of ether oxygens (including phenoxy) is 2. The number of aliphatic hydroxyl groups excluding tert-OH is 1. The Morgan fingerprint density at radius 2 is 0.766 bits per heavy atom. The fourth-order valence-electron chi connectivity index (χ4n) is 6.96. The van der Waals surface area contributed by atoms with Crippen molar-refractivity contribution in [2.75, 3.05) is 53.6 Å². The largest absolute Gasteiger partial charge is 0.396 e. The molecule has 47 heavy (non-hydrogen) atoms. The first-order valence-corrected chi connectivity index (χ1v) is 21.7. The molecule has 0 aromatic rings. The monoisotopic (exact) mass is 669 g/mol. The SMILES string of the molecule is CCCCCCCCCCCCCCCCOCC(C[N+](C)(C)CCCCCCO)OCCCCCCCCCCCCCCCC. The molecule has 0 spiro atoms. The Kier molecular flexibility index (Phi) is 38.5. The highest BCUT2D eigenvalue weighted by Crippen LogP contribution is 2.15. The number of aliphatic hydroxyl groups is 1. The molecule has 284 valence electrons. The second-order valence-electron chi connectivity index (χ2n) is 15.7. The molecule has 0 rings (SSSR count). The van der Waals surface area contributed by atoms with E-state index in [1.54, 1.807) is 0 Å². The van der Waals surface area contributed by atoms with Gasteiger partial charge in [-0.1, -0.05) is 187 Å². The van der Waals surface area contributed by atoms with Crippen LogP contribution in [0.1, 0.15) is 219 Å². The number of rotatable bonds is 41. The summed E-state index contributed by atoms with van der Waals surface area (Å²) in [5, 5.41) is 9.08. The van der Waals surface area contributed by atoms with Gasteiger partial charge in [0.25, 0.3) is 0 Å². The number of hydrogen-bond acceptors (Lipinski definition) is 3. The third-order valence-electron chi connectivity index (χ3n) is 10.2. The Balaban J connectivity index is 4.02. The van der Waals surface area contributed by atoms with E-state index in [0.717, 1.165) is 43.7 Å². The van der Waals surface area contributed by atoms with Gasteiger partial charge < -0.3 is 19.1 Å².